The van der Waals surface area contributed by atoms with E-state index in [1.807, 2.05) is 0 Å². The number of anilines is 1. The highest BCUT2D eigenvalue weighted by atomic mass is 35.5. The average Bonchev–Trinajstić information content (AvgIpc) is 2.87. The van der Waals surface area contributed by atoms with Crippen LogP contribution in [0.4, 0.5) is 10.1 Å². The summed E-state index contributed by atoms with van der Waals surface area (Å²) in [5, 5.41) is 3.62. The molecule has 1 nitrogen and oxygen atoms in total. The molecule has 17 heavy (non-hydrogen) atoms. The molecule has 1 aromatic carbocycles. The lowest BCUT2D eigenvalue weighted by Crippen LogP contribution is -2.25. The molecule has 0 amide bonds. The van der Waals surface area contributed by atoms with E-state index in [1.54, 1.807) is 12.1 Å². The van der Waals surface area contributed by atoms with E-state index in [0.29, 0.717) is 6.04 Å². The van der Waals surface area contributed by atoms with E-state index in [2.05, 4.69) is 5.32 Å². The Balaban J connectivity index is 1.77. The Morgan fingerprint density at radius 2 is 1.82 bits per heavy atom. The normalized spacial score (nSPS) is 30.9. The minimum absolute atomic E-state index is 0.0863. The van der Waals surface area contributed by atoms with Gasteiger partial charge < -0.3 is 5.32 Å². The van der Waals surface area contributed by atoms with Gasteiger partial charge in [0.25, 0.3) is 0 Å². The van der Waals surface area contributed by atoms with Crippen molar-refractivity contribution in [2.24, 2.45) is 11.8 Å². The van der Waals surface area contributed by atoms with Crippen molar-refractivity contribution in [2.45, 2.75) is 31.7 Å². The topological polar surface area (TPSA) is 12.0 Å². The van der Waals surface area contributed by atoms with Gasteiger partial charge in [0.1, 0.15) is 0 Å². The second-order valence-electron chi connectivity index (χ2n) is 5.18. The Morgan fingerprint density at radius 1 is 1.12 bits per heavy atom. The molecule has 3 unspecified atom stereocenters. The molecule has 92 valence electrons. The summed E-state index contributed by atoms with van der Waals surface area (Å²) in [6.45, 7) is 0. The van der Waals surface area contributed by atoms with E-state index in [4.69, 9.17) is 23.2 Å². The molecule has 2 aliphatic carbocycles. The highest BCUT2D eigenvalue weighted by molar-refractivity contribution is 6.35. The molecule has 0 aromatic heterocycles. The molecule has 0 radical (unpaired) electrons. The summed E-state index contributed by atoms with van der Waals surface area (Å²) in [6, 6.07) is 3.75. The van der Waals surface area contributed by atoms with Crippen LogP contribution in [-0.2, 0) is 0 Å². The van der Waals surface area contributed by atoms with Gasteiger partial charge in [-0.1, -0.05) is 29.6 Å². The number of hydrogen-bond acceptors (Lipinski definition) is 1. The van der Waals surface area contributed by atoms with E-state index in [0.717, 1.165) is 17.5 Å². The summed E-state index contributed by atoms with van der Waals surface area (Å²) in [5.74, 6) is 1.11. The molecule has 1 aromatic rings. The van der Waals surface area contributed by atoms with E-state index in [1.165, 1.54) is 25.7 Å². The zero-order valence-corrected chi connectivity index (χ0v) is 10.9. The van der Waals surface area contributed by atoms with Crippen LogP contribution in [0.15, 0.2) is 12.1 Å². The third-order valence-electron chi connectivity index (χ3n) is 4.07. The molecule has 2 aliphatic rings. The van der Waals surface area contributed by atoms with Crippen LogP contribution in [0.1, 0.15) is 25.7 Å². The lowest BCUT2D eigenvalue weighted by atomic mass is 9.95. The van der Waals surface area contributed by atoms with Gasteiger partial charge in [-0.15, -0.1) is 0 Å². The lowest BCUT2D eigenvalue weighted by molar-refractivity contribution is 0.440. The van der Waals surface area contributed by atoms with Crippen molar-refractivity contribution in [3.63, 3.8) is 0 Å². The summed E-state index contributed by atoms with van der Waals surface area (Å²) in [5.41, 5.74) is 0.832. The number of halogens is 3. The van der Waals surface area contributed by atoms with Gasteiger partial charge in [-0.2, -0.15) is 0 Å². The van der Waals surface area contributed by atoms with E-state index < -0.39 is 5.82 Å². The van der Waals surface area contributed by atoms with Crippen molar-refractivity contribution in [3.8, 4) is 0 Å². The third-order valence-corrected chi connectivity index (χ3v) is 4.62. The summed E-state index contributed by atoms with van der Waals surface area (Å²) < 4.78 is 13.3. The largest absolute Gasteiger partial charge is 0.382 e. The van der Waals surface area contributed by atoms with Gasteiger partial charge in [-0.05, 0) is 43.2 Å². The monoisotopic (exact) mass is 273 g/mol. The molecule has 3 rings (SSSR count). The number of nitrogens with one attached hydrogen (secondary N) is 1. The van der Waals surface area contributed by atoms with Gasteiger partial charge in [-0.25, -0.2) is 4.39 Å². The molecule has 2 fully saturated rings. The number of fused-ring (bicyclic) bond motifs is 2. The van der Waals surface area contributed by atoms with Crippen LogP contribution < -0.4 is 5.32 Å². The first-order valence-electron chi connectivity index (χ1n) is 6.04. The minimum atomic E-state index is -0.535. The highest BCUT2D eigenvalue weighted by Crippen LogP contribution is 2.45. The lowest BCUT2D eigenvalue weighted by Gasteiger charge is -2.24. The van der Waals surface area contributed by atoms with Crippen molar-refractivity contribution in [1.82, 2.24) is 0 Å². The quantitative estimate of drug-likeness (QED) is 0.768. The Kier molecular flexibility index (Phi) is 2.95. The molecular formula is C13H14Cl2FN. The molecule has 3 atom stereocenters. The van der Waals surface area contributed by atoms with Crippen LogP contribution in [0.3, 0.4) is 0 Å². The van der Waals surface area contributed by atoms with E-state index in [9.17, 15) is 4.39 Å². The van der Waals surface area contributed by atoms with Crippen molar-refractivity contribution in [3.05, 3.63) is 28.0 Å². The van der Waals surface area contributed by atoms with Gasteiger partial charge in [0.05, 0.1) is 10.0 Å². The van der Waals surface area contributed by atoms with Crippen molar-refractivity contribution >= 4 is 28.9 Å². The standard InChI is InChI=1S/C13H14Cl2FN/c14-10-5-9(6-11(15)13(10)16)17-12-4-7-1-2-8(12)3-7/h5-8,12,17H,1-4H2. The summed E-state index contributed by atoms with van der Waals surface area (Å²) in [7, 11) is 0. The Bertz CT molecular complexity index is 426. The first kappa shape index (κ1) is 11.6. The fourth-order valence-electron chi connectivity index (χ4n) is 3.27. The van der Waals surface area contributed by atoms with Crippen LogP contribution >= 0.6 is 23.2 Å². The fraction of sp³-hybridized carbons (Fsp3) is 0.538. The zero-order valence-electron chi connectivity index (χ0n) is 9.35. The number of rotatable bonds is 2. The number of benzene rings is 1. The Labute approximate surface area is 110 Å². The van der Waals surface area contributed by atoms with Crippen molar-refractivity contribution < 1.29 is 4.39 Å². The van der Waals surface area contributed by atoms with Gasteiger partial charge >= 0.3 is 0 Å². The summed E-state index contributed by atoms with van der Waals surface area (Å²) in [6.07, 6.45) is 5.23. The maximum Gasteiger partial charge on any atom is 0.160 e. The zero-order chi connectivity index (χ0) is 12.0. The Hall–Kier alpha value is -0.470. The summed E-state index contributed by atoms with van der Waals surface area (Å²) in [4.78, 5) is 0. The van der Waals surface area contributed by atoms with Crippen LogP contribution in [-0.4, -0.2) is 6.04 Å². The molecule has 2 saturated carbocycles. The minimum Gasteiger partial charge on any atom is -0.382 e. The highest BCUT2D eigenvalue weighted by Gasteiger charge is 2.39. The van der Waals surface area contributed by atoms with E-state index >= 15 is 0 Å². The van der Waals surface area contributed by atoms with Crippen LogP contribution in [0, 0.1) is 17.7 Å². The van der Waals surface area contributed by atoms with Gasteiger partial charge in [-0.3, -0.25) is 0 Å². The fourth-order valence-corrected chi connectivity index (χ4v) is 3.76. The SMILES string of the molecule is Fc1c(Cl)cc(NC2CC3CCC2C3)cc1Cl. The summed E-state index contributed by atoms with van der Waals surface area (Å²) >= 11 is 11.6. The molecular weight excluding hydrogens is 260 g/mol. The maximum atomic E-state index is 13.3. The average molecular weight is 274 g/mol. The molecule has 0 saturated heterocycles. The predicted octanol–water partition coefficient (Wildman–Crippen LogP) is 4.73. The molecule has 1 N–H and O–H groups in total. The van der Waals surface area contributed by atoms with Crippen LogP contribution in [0.25, 0.3) is 0 Å². The van der Waals surface area contributed by atoms with Crippen molar-refractivity contribution in [1.29, 1.82) is 0 Å². The molecule has 2 bridgehead atoms. The first-order valence-corrected chi connectivity index (χ1v) is 6.80. The smallest absolute Gasteiger partial charge is 0.160 e. The second-order valence-corrected chi connectivity index (χ2v) is 5.99. The predicted molar refractivity (Wildman–Crippen MR) is 69.3 cm³/mol. The molecule has 0 spiro atoms. The second kappa shape index (κ2) is 4.33. The van der Waals surface area contributed by atoms with Gasteiger partial charge in [0.2, 0.25) is 0 Å². The molecule has 0 heterocycles. The van der Waals surface area contributed by atoms with Crippen LogP contribution in [0.2, 0.25) is 10.0 Å². The van der Waals surface area contributed by atoms with E-state index in [-0.39, 0.29) is 10.0 Å². The van der Waals surface area contributed by atoms with Crippen LogP contribution in [0.5, 0.6) is 0 Å². The third kappa shape index (κ3) is 2.13. The number of hydrogen-bond donors (Lipinski definition) is 1. The van der Waals surface area contributed by atoms with Gasteiger partial charge in [0, 0.05) is 11.7 Å². The Morgan fingerprint density at radius 3 is 2.35 bits per heavy atom. The molecule has 0 aliphatic heterocycles. The molecule has 4 heteroatoms. The maximum absolute atomic E-state index is 13.3. The van der Waals surface area contributed by atoms with Crippen molar-refractivity contribution in [2.75, 3.05) is 5.32 Å². The first-order chi connectivity index (χ1) is 8.13. The van der Waals surface area contributed by atoms with Gasteiger partial charge in [0.15, 0.2) is 5.82 Å².